The lowest BCUT2D eigenvalue weighted by molar-refractivity contribution is 0.337. The Morgan fingerprint density at radius 1 is 1.07 bits per heavy atom. The molecule has 0 aromatic carbocycles. The van der Waals surface area contributed by atoms with E-state index in [1.807, 2.05) is 0 Å². The highest BCUT2D eigenvalue weighted by molar-refractivity contribution is 7.97. The Morgan fingerprint density at radius 3 is 1.79 bits per heavy atom. The summed E-state index contributed by atoms with van der Waals surface area (Å²) in [6, 6.07) is 0. The average Bonchev–Trinajstić information content (AvgIpc) is 1.76. The van der Waals surface area contributed by atoms with E-state index in [2.05, 4.69) is 13.0 Å². The van der Waals surface area contributed by atoms with Crippen molar-refractivity contribution in [3.8, 4) is 0 Å². The zero-order valence-corrected chi connectivity index (χ0v) is 8.67. The van der Waals surface area contributed by atoms with Crippen LogP contribution in [0.4, 0.5) is 0 Å². The van der Waals surface area contributed by atoms with Crippen molar-refractivity contribution in [2.75, 3.05) is 5.94 Å². The van der Waals surface area contributed by atoms with Gasteiger partial charge in [0.05, 0.1) is 0 Å². The van der Waals surface area contributed by atoms with Crippen LogP contribution in [0.25, 0.3) is 0 Å². The summed E-state index contributed by atoms with van der Waals surface area (Å²) < 4.78 is 75.4. The van der Waals surface area contributed by atoms with E-state index < -0.39 is 36.8 Å². The highest BCUT2D eigenvalue weighted by atomic mass is 32.3. The van der Waals surface area contributed by atoms with Crippen molar-refractivity contribution in [3.05, 3.63) is 0 Å². The second-order valence-corrected chi connectivity index (χ2v) is 5.75. The lowest BCUT2D eigenvalue weighted by Crippen LogP contribution is -2.23. The fourth-order valence-corrected chi connectivity index (χ4v) is 2.49. The molecule has 0 amide bonds. The van der Waals surface area contributed by atoms with Crippen molar-refractivity contribution in [1.29, 1.82) is 0 Å². The van der Waals surface area contributed by atoms with Crippen LogP contribution in [0.15, 0.2) is 0 Å². The van der Waals surface area contributed by atoms with Gasteiger partial charge in [-0.25, -0.2) is 9.32 Å². The number of hydrogen-bond donors (Lipinski definition) is 2. The minimum absolute atomic E-state index is 1.66. The van der Waals surface area contributed by atoms with E-state index in [1.54, 1.807) is 0 Å². The molecule has 0 radical (unpaired) electrons. The summed E-state index contributed by atoms with van der Waals surface area (Å²) in [5.74, 6) is -1.66. The second-order valence-electron chi connectivity index (χ2n) is 1.78. The molecule has 14 heavy (non-hydrogen) atoms. The molecule has 10 nitrogen and oxygen atoms in total. The van der Waals surface area contributed by atoms with Crippen LogP contribution in [-0.2, 0) is 38.6 Å². The highest BCUT2D eigenvalue weighted by Gasteiger charge is 2.22. The van der Waals surface area contributed by atoms with Crippen molar-refractivity contribution < 1.29 is 37.6 Å². The van der Waals surface area contributed by atoms with Crippen molar-refractivity contribution >= 4 is 30.8 Å². The van der Waals surface area contributed by atoms with Crippen LogP contribution in [-0.4, -0.2) is 35.7 Å². The van der Waals surface area contributed by atoms with Crippen LogP contribution < -0.4 is 5.14 Å². The third-order valence-electron chi connectivity index (χ3n) is 0.546. The van der Waals surface area contributed by atoms with Gasteiger partial charge in [-0.15, -0.1) is 3.63 Å². The van der Waals surface area contributed by atoms with E-state index in [-0.39, 0.29) is 0 Å². The smallest absolute Gasteiger partial charge is 0.263 e. The first-order chi connectivity index (χ1) is 5.91. The Bertz CT molecular complexity index is 478. The summed E-state index contributed by atoms with van der Waals surface area (Å²) in [4.78, 5) is 0. The molecule has 0 saturated carbocycles. The molecular formula is CH5NO9S3. The van der Waals surface area contributed by atoms with Gasteiger partial charge in [-0.3, -0.25) is 4.55 Å². The molecular weight excluding hydrogens is 266 g/mol. The van der Waals surface area contributed by atoms with Gasteiger partial charge in [0, 0.05) is 0 Å². The largest absolute Gasteiger partial charge is 0.412 e. The third kappa shape index (κ3) is 8.30. The van der Waals surface area contributed by atoms with Crippen molar-refractivity contribution in [2.45, 2.75) is 0 Å². The molecule has 0 fully saturated rings. The fraction of sp³-hybridized carbons (Fsp3) is 1.00. The van der Waals surface area contributed by atoms with Crippen LogP contribution in [0.3, 0.4) is 0 Å². The molecule has 0 aromatic heterocycles. The summed E-state index contributed by atoms with van der Waals surface area (Å²) >= 11 is 0. The molecule has 0 aliphatic carbocycles. The average molecular weight is 271 g/mol. The minimum Gasteiger partial charge on any atom is -0.263 e. The third-order valence-corrected chi connectivity index (χ3v) is 3.07. The maximum atomic E-state index is 10.5. The second kappa shape index (κ2) is 4.05. The van der Waals surface area contributed by atoms with Gasteiger partial charge >= 0.3 is 30.8 Å². The molecule has 86 valence electrons. The number of hydrogen-bond acceptors (Lipinski definition) is 8. The molecule has 0 unspecified atom stereocenters. The van der Waals surface area contributed by atoms with Gasteiger partial charge in [-0.2, -0.15) is 25.3 Å². The Hall–Kier alpha value is -0.310. The molecule has 0 bridgehead atoms. The molecule has 0 spiro atoms. The molecule has 0 aromatic rings. The van der Waals surface area contributed by atoms with Gasteiger partial charge in [0.25, 0.3) is 0 Å². The van der Waals surface area contributed by atoms with Gasteiger partial charge in [-0.05, 0) is 0 Å². The lowest BCUT2D eigenvalue weighted by atomic mass is 11.7. The van der Waals surface area contributed by atoms with Crippen molar-refractivity contribution in [3.63, 3.8) is 0 Å². The number of rotatable bonds is 5. The monoisotopic (exact) mass is 271 g/mol. The predicted octanol–water partition coefficient (Wildman–Crippen LogP) is -2.69. The molecule has 0 aliphatic heterocycles. The molecule has 0 atom stereocenters. The Kier molecular flexibility index (Phi) is 3.96. The van der Waals surface area contributed by atoms with Crippen LogP contribution in [0.1, 0.15) is 0 Å². The fourth-order valence-electron chi connectivity index (χ4n) is 0.277. The Morgan fingerprint density at radius 2 is 1.50 bits per heavy atom. The van der Waals surface area contributed by atoms with Gasteiger partial charge in [0.1, 0.15) is 0 Å². The van der Waals surface area contributed by atoms with Gasteiger partial charge < -0.3 is 0 Å². The summed E-state index contributed by atoms with van der Waals surface area (Å²) in [6.45, 7) is 0. The van der Waals surface area contributed by atoms with E-state index in [0.717, 1.165) is 0 Å². The molecule has 13 heteroatoms. The maximum Gasteiger partial charge on any atom is 0.412 e. The Labute approximate surface area is 79.9 Å². The normalized spacial score (nSPS) is 14.1. The first-order valence-corrected chi connectivity index (χ1v) is 6.91. The van der Waals surface area contributed by atoms with E-state index in [4.69, 9.17) is 4.55 Å². The van der Waals surface area contributed by atoms with E-state index >= 15 is 0 Å². The first-order valence-electron chi connectivity index (χ1n) is 2.50. The summed E-state index contributed by atoms with van der Waals surface area (Å²) in [5.41, 5.74) is 0. The van der Waals surface area contributed by atoms with Crippen LogP contribution >= 0.6 is 0 Å². The van der Waals surface area contributed by atoms with Gasteiger partial charge in [-0.1, -0.05) is 0 Å². The molecule has 0 aliphatic rings. The van der Waals surface area contributed by atoms with Gasteiger partial charge in [0.2, 0.25) is 0 Å². The van der Waals surface area contributed by atoms with E-state index in [9.17, 15) is 25.3 Å². The van der Waals surface area contributed by atoms with E-state index in [1.165, 1.54) is 0 Å². The molecule has 0 rings (SSSR count). The lowest BCUT2D eigenvalue weighted by Gasteiger charge is -2.00. The quantitative estimate of drug-likeness (QED) is 0.506. The predicted molar refractivity (Wildman–Crippen MR) is 40.6 cm³/mol. The maximum absolute atomic E-state index is 10.5. The zero-order chi connectivity index (χ0) is 11.6. The van der Waals surface area contributed by atoms with Gasteiger partial charge in [0.15, 0.2) is 5.94 Å². The van der Waals surface area contributed by atoms with Crippen LogP contribution in [0.5, 0.6) is 0 Å². The zero-order valence-electron chi connectivity index (χ0n) is 6.22. The minimum atomic E-state index is -5.25. The summed E-state index contributed by atoms with van der Waals surface area (Å²) in [5, 5.41) is 4.22. The number of nitrogens with two attached hydrogens (primary N) is 1. The van der Waals surface area contributed by atoms with Crippen LogP contribution in [0, 0.1) is 0 Å². The summed E-state index contributed by atoms with van der Waals surface area (Å²) in [6.07, 6.45) is 0. The molecule has 0 saturated heterocycles. The molecule has 0 heterocycles. The first kappa shape index (κ1) is 13.7. The topological polar surface area (TPSA) is 167 Å². The van der Waals surface area contributed by atoms with Crippen molar-refractivity contribution in [2.24, 2.45) is 5.14 Å². The molecule has 3 N–H and O–H groups in total. The standard InChI is InChI=1S/CH5NO9S3/c2-13(5,6)10-1-12(3,4)11-14(7,8)9/h1H2,(H2,2,5,6)(H,7,8,9). The Balaban J connectivity index is 4.55. The van der Waals surface area contributed by atoms with E-state index in [0.29, 0.717) is 0 Å². The SMILES string of the molecule is NS(=O)(=O)OCS(=O)(=O)OS(=O)(=O)O. The highest BCUT2D eigenvalue weighted by Crippen LogP contribution is 2.00. The van der Waals surface area contributed by atoms with Crippen molar-refractivity contribution in [1.82, 2.24) is 0 Å². The van der Waals surface area contributed by atoms with Crippen LogP contribution in [0.2, 0.25) is 0 Å². The summed E-state index contributed by atoms with van der Waals surface area (Å²) in [7, 11) is -14.7.